The summed E-state index contributed by atoms with van der Waals surface area (Å²) < 4.78 is 4.71. The summed E-state index contributed by atoms with van der Waals surface area (Å²) in [6, 6.07) is 15.6. The molecule has 0 radical (unpaired) electrons. The molecule has 0 aliphatic carbocycles. The number of phenolic OH excluding ortho intramolecular Hbond substituents is 1. The summed E-state index contributed by atoms with van der Waals surface area (Å²) in [5.41, 5.74) is 2.54. The summed E-state index contributed by atoms with van der Waals surface area (Å²) in [6.45, 7) is 4.96. The van der Waals surface area contributed by atoms with Crippen LogP contribution >= 0.6 is 0 Å². The van der Waals surface area contributed by atoms with Gasteiger partial charge in [0.1, 0.15) is 17.9 Å². The maximum Gasteiger partial charge on any atom is 0.341 e. The molecule has 0 amide bonds. The van der Waals surface area contributed by atoms with E-state index in [1.807, 2.05) is 12.1 Å². The molecule has 1 fully saturated rings. The highest BCUT2D eigenvalue weighted by atomic mass is 16.5. The number of nitrogens with one attached hydrogen (secondary N) is 1. The minimum Gasteiger partial charge on any atom is -0.507 e. The van der Waals surface area contributed by atoms with Gasteiger partial charge in [-0.05, 0) is 30.3 Å². The summed E-state index contributed by atoms with van der Waals surface area (Å²) in [4.78, 5) is 15.6. The molecule has 1 saturated heterocycles. The van der Waals surface area contributed by atoms with Crippen LogP contribution in [0.3, 0.4) is 0 Å². The lowest BCUT2D eigenvalue weighted by Crippen LogP contribution is -3.13. The Bertz CT molecular complexity index is 695. The van der Waals surface area contributed by atoms with E-state index in [2.05, 4.69) is 29.2 Å². The van der Waals surface area contributed by atoms with Crippen molar-refractivity contribution in [1.82, 2.24) is 0 Å². The second-order valence-electron chi connectivity index (χ2n) is 6.09. The molecule has 2 N–H and O–H groups in total. The van der Waals surface area contributed by atoms with Crippen molar-refractivity contribution in [1.29, 1.82) is 0 Å². The zero-order chi connectivity index (χ0) is 16.9. The smallest absolute Gasteiger partial charge is 0.341 e. The predicted molar refractivity (Wildman–Crippen MR) is 92.5 cm³/mol. The molecule has 0 spiro atoms. The first-order valence-corrected chi connectivity index (χ1v) is 8.21. The van der Waals surface area contributed by atoms with Gasteiger partial charge in [-0.15, -0.1) is 0 Å². The standard InChI is InChI=1S/C19H22N2O3/c1-24-19(23)17-13-15(7-8-18(17)22)14-20-9-11-21(12-10-20)16-5-3-2-4-6-16/h2-8,13,22H,9-12,14H2,1H3/p+1. The largest absolute Gasteiger partial charge is 0.507 e. The van der Waals surface area contributed by atoms with Crippen LogP contribution in [0.4, 0.5) is 5.69 Å². The second-order valence-corrected chi connectivity index (χ2v) is 6.09. The van der Waals surface area contributed by atoms with E-state index in [0.717, 1.165) is 38.3 Å². The van der Waals surface area contributed by atoms with E-state index in [1.165, 1.54) is 17.7 Å². The number of piperazine rings is 1. The molecule has 1 aliphatic rings. The summed E-state index contributed by atoms with van der Waals surface area (Å²) in [7, 11) is 1.32. The molecule has 1 heterocycles. The molecule has 0 bridgehead atoms. The van der Waals surface area contributed by atoms with Crippen molar-refractivity contribution < 1.29 is 19.5 Å². The van der Waals surface area contributed by atoms with Crippen LogP contribution < -0.4 is 9.80 Å². The van der Waals surface area contributed by atoms with Gasteiger partial charge in [-0.3, -0.25) is 0 Å². The molecule has 2 aromatic rings. The van der Waals surface area contributed by atoms with Crippen LogP contribution in [0.5, 0.6) is 5.75 Å². The van der Waals surface area contributed by atoms with Gasteiger partial charge in [0.25, 0.3) is 0 Å². The normalized spacial score (nSPS) is 15.3. The third-order valence-corrected chi connectivity index (χ3v) is 4.51. The number of hydrogen-bond acceptors (Lipinski definition) is 4. The average molecular weight is 327 g/mol. The van der Waals surface area contributed by atoms with E-state index in [-0.39, 0.29) is 11.3 Å². The predicted octanol–water partition coefficient (Wildman–Crippen LogP) is 1.08. The quantitative estimate of drug-likeness (QED) is 0.826. The number of carbonyl (C=O) groups excluding carboxylic acids is 1. The van der Waals surface area contributed by atoms with Gasteiger partial charge in [0.2, 0.25) is 0 Å². The highest BCUT2D eigenvalue weighted by molar-refractivity contribution is 5.92. The van der Waals surface area contributed by atoms with Crippen molar-refractivity contribution >= 4 is 11.7 Å². The molecule has 1 aliphatic heterocycles. The average Bonchev–Trinajstić information content (AvgIpc) is 2.64. The molecule has 5 nitrogen and oxygen atoms in total. The van der Waals surface area contributed by atoms with Gasteiger partial charge < -0.3 is 19.6 Å². The summed E-state index contributed by atoms with van der Waals surface area (Å²) in [6.07, 6.45) is 0. The Morgan fingerprint density at radius 1 is 1.17 bits per heavy atom. The maximum atomic E-state index is 11.7. The number of aromatic hydroxyl groups is 1. The van der Waals surface area contributed by atoms with Crippen LogP contribution in [0.25, 0.3) is 0 Å². The highest BCUT2D eigenvalue weighted by Crippen LogP contribution is 2.19. The lowest BCUT2D eigenvalue weighted by Gasteiger charge is -2.33. The van der Waals surface area contributed by atoms with Crippen molar-refractivity contribution in [2.75, 3.05) is 38.2 Å². The molecule has 24 heavy (non-hydrogen) atoms. The van der Waals surface area contributed by atoms with Crippen LogP contribution in [-0.4, -0.2) is 44.4 Å². The third-order valence-electron chi connectivity index (χ3n) is 4.51. The number of esters is 1. The number of quaternary nitrogens is 1. The lowest BCUT2D eigenvalue weighted by molar-refractivity contribution is -0.914. The van der Waals surface area contributed by atoms with E-state index in [0.29, 0.717) is 0 Å². The first kappa shape index (κ1) is 16.3. The van der Waals surface area contributed by atoms with E-state index in [4.69, 9.17) is 4.74 Å². The number of benzene rings is 2. The Kier molecular flexibility index (Phi) is 5.01. The van der Waals surface area contributed by atoms with E-state index < -0.39 is 5.97 Å². The molecule has 0 saturated carbocycles. The molecule has 0 unspecified atom stereocenters. The van der Waals surface area contributed by atoms with Crippen molar-refractivity contribution in [3.63, 3.8) is 0 Å². The van der Waals surface area contributed by atoms with E-state index >= 15 is 0 Å². The molecule has 5 heteroatoms. The van der Waals surface area contributed by atoms with Gasteiger partial charge in [0, 0.05) is 11.3 Å². The number of anilines is 1. The Hall–Kier alpha value is -2.53. The molecule has 2 aromatic carbocycles. The number of rotatable bonds is 4. The minimum atomic E-state index is -0.502. The zero-order valence-electron chi connectivity index (χ0n) is 13.9. The first-order valence-electron chi connectivity index (χ1n) is 8.21. The molecular formula is C19H23N2O3+. The Morgan fingerprint density at radius 3 is 2.54 bits per heavy atom. The number of nitrogens with zero attached hydrogens (tertiary/aromatic N) is 1. The van der Waals surface area contributed by atoms with Crippen molar-refractivity contribution in [3.8, 4) is 5.75 Å². The minimum absolute atomic E-state index is 0.0329. The number of hydrogen-bond donors (Lipinski definition) is 2. The molecular weight excluding hydrogens is 304 g/mol. The van der Waals surface area contributed by atoms with Gasteiger partial charge in [0.15, 0.2) is 0 Å². The summed E-state index contributed by atoms with van der Waals surface area (Å²) >= 11 is 0. The summed E-state index contributed by atoms with van der Waals surface area (Å²) in [5, 5.41) is 9.79. The van der Waals surface area contributed by atoms with E-state index in [9.17, 15) is 9.90 Å². The van der Waals surface area contributed by atoms with Crippen molar-refractivity contribution in [2.45, 2.75) is 6.54 Å². The SMILES string of the molecule is COC(=O)c1cc(C[NH+]2CCN(c3ccccc3)CC2)ccc1O. The highest BCUT2D eigenvalue weighted by Gasteiger charge is 2.21. The third kappa shape index (κ3) is 3.68. The number of ether oxygens (including phenoxy) is 1. The van der Waals surface area contributed by atoms with Crippen LogP contribution in [0, 0.1) is 0 Å². The van der Waals surface area contributed by atoms with Gasteiger partial charge >= 0.3 is 5.97 Å². The first-order chi connectivity index (χ1) is 11.7. The van der Waals surface area contributed by atoms with Crippen LogP contribution in [-0.2, 0) is 11.3 Å². The van der Waals surface area contributed by atoms with E-state index in [1.54, 1.807) is 12.1 Å². The topological polar surface area (TPSA) is 54.2 Å². The fourth-order valence-corrected chi connectivity index (χ4v) is 3.15. The number of phenols is 1. The van der Waals surface area contributed by atoms with Crippen LogP contribution in [0.2, 0.25) is 0 Å². The lowest BCUT2D eigenvalue weighted by atomic mass is 10.1. The Morgan fingerprint density at radius 2 is 1.88 bits per heavy atom. The number of methoxy groups -OCH3 is 1. The fourth-order valence-electron chi connectivity index (χ4n) is 3.15. The van der Waals surface area contributed by atoms with Crippen molar-refractivity contribution in [2.24, 2.45) is 0 Å². The van der Waals surface area contributed by atoms with Gasteiger partial charge in [-0.1, -0.05) is 18.2 Å². The molecule has 3 rings (SSSR count). The Balaban J connectivity index is 1.61. The Labute approximate surface area is 142 Å². The van der Waals surface area contributed by atoms with Crippen LogP contribution in [0.1, 0.15) is 15.9 Å². The molecule has 0 aromatic heterocycles. The molecule has 0 atom stereocenters. The fraction of sp³-hybridized carbons (Fsp3) is 0.316. The monoisotopic (exact) mass is 327 g/mol. The summed E-state index contributed by atoms with van der Waals surface area (Å²) in [5.74, 6) is -0.534. The zero-order valence-corrected chi connectivity index (χ0v) is 13.9. The van der Waals surface area contributed by atoms with Gasteiger partial charge in [-0.2, -0.15) is 0 Å². The van der Waals surface area contributed by atoms with Gasteiger partial charge in [0.05, 0.1) is 33.3 Å². The number of para-hydroxylation sites is 1. The number of carbonyl (C=O) groups is 1. The maximum absolute atomic E-state index is 11.7. The molecule has 126 valence electrons. The second kappa shape index (κ2) is 7.36. The van der Waals surface area contributed by atoms with Crippen LogP contribution in [0.15, 0.2) is 48.5 Å². The van der Waals surface area contributed by atoms with Gasteiger partial charge in [-0.25, -0.2) is 4.79 Å². The van der Waals surface area contributed by atoms with Crippen molar-refractivity contribution in [3.05, 3.63) is 59.7 Å².